The molecule has 0 fully saturated rings. The van der Waals surface area contributed by atoms with Crippen LogP contribution in [0.25, 0.3) is 0 Å². The van der Waals surface area contributed by atoms with Crippen LogP contribution in [0.4, 0.5) is 5.69 Å². The molecule has 0 heterocycles. The van der Waals surface area contributed by atoms with Crippen LogP contribution in [-0.2, 0) is 0 Å². The number of benzene rings is 1. The lowest BCUT2D eigenvalue weighted by Gasteiger charge is -2.03. The SMILES string of the molecule is CC(I)(I)I.COc1ccc(C(C)=O)c(N)c1. The number of ketones is 1. The first-order valence-electron chi connectivity index (χ1n) is 4.66. The average molecular weight is 573 g/mol. The van der Waals surface area contributed by atoms with Gasteiger partial charge in [-0.1, -0.05) is 67.8 Å². The highest BCUT2D eigenvalue weighted by atomic mass is 127. The van der Waals surface area contributed by atoms with Gasteiger partial charge in [0, 0.05) is 17.3 Å². The fraction of sp³-hybridized carbons (Fsp3) is 0.364. The Morgan fingerprint density at radius 1 is 1.35 bits per heavy atom. The van der Waals surface area contributed by atoms with Gasteiger partial charge in [-0.25, -0.2) is 0 Å². The van der Waals surface area contributed by atoms with Crippen molar-refractivity contribution in [1.29, 1.82) is 0 Å². The molecule has 0 radical (unpaired) electrons. The number of rotatable bonds is 2. The normalized spacial score (nSPS) is 10.2. The number of halogens is 3. The van der Waals surface area contributed by atoms with E-state index in [1.807, 2.05) is 0 Å². The predicted octanol–water partition coefficient (Wildman–Crippen LogP) is 4.45. The zero-order valence-corrected chi connectivity index (χ0v) is 16.2. The Kier molecular flexibility index (Phi) is 8.29. The van der Waals surface area contributed by atoms with Gasteiger partial charge in [-0.2, -0.15) is 0 Å². The molecule has 1 aromatic carbocycles. The number of nitrogens with two attached hydrogens (primary N) is 1. The van der Waals surface area contributed by atoms with Crippen LogP contribution in [0.5, 0.6) is 5.75 Å². The van der Waals surface area contributed by atoms with Gasteiger partial charge in [-0.3, -0.25) is 4.79 Å². The number of anilines is 1. The van der Waals surface area contributed by atoms with Crippen molar-refractivity contribution in [2.45, 2.75) is 13.3 Å². The molecule has 0 aliphatic heterocycles. The van der Waals surface area contributed by atoms with E-state index in [1.54, 1.807) is 25.3 Å². The smallest absolute Gasteiger partial charge is 0.161 e. The molecule has 1 aromatic rings. The lowest BCUT2D eigenvalue weighted by molar-refractivity contribution is 0.101. The molecule has 1 rings (SSSR count). The first kappa shape index (κ1) is 17.7. The summed E-state index contributed by atoms with van der Waals surface area (Å²) in [4.78, 5) is 10.9. The Morgan fingerprint density at radius 3 is 2.12 bits per heavy atom. The summed E-state index contributed by atoms with van der Waals surface area (Å²) in [5, 5.41) is 0. The molecule has 0 saturated heterocycles. The van der Waals surface area contributed by atoms with E-state index in [4.69, 9.17) is 10.5 Å². The van der Waals surface area contributed by atoms with Gasteiger partial charge in [-0.15, -0.1) is 0 Å². The highest BCUT2D eigenvalue weighted by molar-refractivity contribution is 14.3. The van der Waals surface area contributed by atoms with E-state index in [2.05, 4.69) is 74.7 Å². The largest absolute Gasteiger partial charge is 0.497 e. The van der Waals surface area contributed by atoms with Crippen LogP contribution in [0.15, 0.2) is 18.2 Å². The van der Waals surface area contributed by atoms with Crippen LogP contribution in [-0.4, -0.2) is 12.3 Å². The Morgan fingerprint density at radius 2 is 1.82 bits per heavy atom. The lowest BCUT2D eigenvalue weighted by Crippen LogP contribution is -1.99. The van der Waals surface area contributed by atoms with Gasteiger partial charge in [0.15, 0.2) is 5.78 Å². The standard InChI is InChI=1S/C9H11NO2.C2H3I3/c1-6(11)8-4-3-7(12-2)5-9(8)10;1-2(3,4)5/h3-5H,10H2,1-2H3;1H3. The van der Waals surface area contributed by atoms with E-state index >= 15 is 0 Å². The lowest BCUT2D eigenvalue weighted by atomic mass is 10.1. The van der Waals surface area contributed by atoms with Crippen molar-refractivity contribution in [2.24, 2.45) is 0 Å². The third-order valence-corrected chi connectivity index (χ3v) is 1.64. The van der Waals surface area contributed by atoms with Gasteiger partial charge in [0.25, 0.3) is 0 Å². The predicted molar refractivity (Wildman–Crippen MR) is 97.9 cm³/mol. The first-order valence-corrected chi connectivity index (χ1v) is 7.90. The van der Waals surface area contributed by atoms with E-state index in [9.17, 15) is 4.79 Å². The number of methoxy groups -OCH3 is 1. The molecule has 0 atom stereocenters. The topological polar surface area (TPSA) is 52.3 Å². The third-order valence-electron chi connectivity index (χ3n) is 1.64. The summed E-state index contributed by atoms with van der Waals surface area (Å²) in [6.07, 6.45) is 0. The first-order chi connectivity index (χ1) is 7.65. The molecule has 6 heteroatoms. The van der Waals surface area contributed by atoms with E-state index in [1.165, 1.54) is 6.92 Å². The maximum absolute atomic E-state index is 10.9. The molecule has 0 unspecified atom stereocenters. The van der Waals surface area contributed by atoms with Crippen LogP contribution in [0.1, 0.15) is 24.2 Å². The zero-order valence-electron chi connectivity index (χ0n) is 9.76. The number of nitrogen functional groups attached to an aromatic ring is 1. The van der Waals surface area contributed by atoms with Crippen molar-refractivity contribution in [3.63, 3.8) is 0 Å². The minimum absolute atomic E-state index is 0.0323. The second-order valence-corrected chi connectivity index (χ2v) is 16.0. The summed E-state index contributed by atoms with van der Waals surface area (Å²) < 4.78 is 5.35. The molecule has 0 bridgehead atoms. The zero-order chi connectivity index (χ0) is 13.6. The second kappa shape index (κ2) is 7.97. The fourth-order valence-corrected chi connectivity index (χ4v) is 0.988. The van der Waals surface area contributed by atoms with Gasteiger partial charge in [0.1, 0.15) is 5.18 Å². The van der Waals surface area contributed by atoms with Crippen molar-refractivity contribution in [3.05, 3.63) is 23.8 Å². The van der Waals surface area contributed by atoms with Gasteiger partial charge < -0.3 is 10.5 Å². The van der Waals surface area contributed by atoms with Gasteiger partial charge in [-0.05, 0) is 26.0 Å². The quantitative estimate of drug-likeness (QED) is 0.247. The van der Waals surface area contributed by atoms with Crippen molar-refractivity contribution < 1.29 is 9.53 Å². The average Bonchev–Trinajstić information content (AvgIpc) is 2.14. The Hall–Kier alpha value is 0.680. The Bertz CT molecular complexity index is 383. The molecule has 0 spiro atoms. The summed E-state index contributed by atoms with van der Waals surface area (Å²) in [5.41, 5.74) is 6.59. The van der Waals surface area contributed by atoms with Gasteiger partial charge in [0.2, 0.25) is 0 Å². The minimum atomic E-state index is -0.0323. The van der Waals surface area contributed by atoms with Crippen LogP contribution in [0, 0.1) is 0 Å². The number of hydrogen-bond acceptors (Lipinski definition) is 3. The van der Waals surface area contributed by atoms with E-state index < -0.39 is 0 Å². The molecular weight excluding hydrogens is 559 g/mol. The summed E-state index contributed by atoms with van der Waals surface area (Å²) in [5.74, 6) is 0.632. The molecule has 0 aromatic heterocycles. The highest BCUT2D eigenvalue weighted by Crippen LogP contribution is 2.33. The number of carbonyl (C=O) groups is 1. The highest BCUT2D eigenvalue weighted by Gasteiger charge is 2.05. The number of carbonyl (C=O) groups excluding carboxylic acids is 1. The molecule has 3 nitrogen and oxygen atoms in total. The van der Waals surface area contributed by atoms with E-state index in [0.717, 1.165) is 0 Å². The monoisotopic (exact) mass is 573 g/mol. The number of hydrogen-bond donors (Lipinski definition) is 1. The van der Waals surface area contributed by atoms with Gasteiger partial charge >= 0.3 is 0 Å². The Labute approximate surface area is 143 Å². The molecule has 2 N–H and O–H groups in total. The third kappa shape index (κ3) is 9.28. The van der Waals surface area contributed by atoms with E-state index in [0.29, 0.717) is 16.4 Å². The maximum atomic E-state index is 10.9. The van der Waals surface area contributed by atoms with Crippen molar-refractivity contribution in [2.75, 3.05) is 12.8 Å². The van der Waals surface area contributed by atoms with Crippen LogP contribution < -0.4 is 10.5 Å². The molecule has 0 amide bonds. The molecule has 0 aliphatic rings. The minimum Gasteiger partial charge on any atom is -0.497 e. The number of alkyl halides is 3. The Balaban J connectivity index is 0.000000437. The van der Waals surface area contributed by atoms with Crippen molar-refractivity contribution in [3.8, 4) is 5.75 Å². The molecular formula is C11H14I3NO2. The summed E-state index contributed by atoms with van der Waals surface area (Å²) in [7, 11) is 1.56. The number of ether oxygens (including phenoxy) is 1. The van der Waals surface area contributed by atoms with Crippen LogP contribution in [0.2, 0.25) is 0 Å². The molecule has 17 heavy (non-hydrogen) atoms. The number of Topliss-reactive ketones (excluding diaryl/α,β-unsaturated/α-hetero) is 1. The van der Waals surface area contributed by atoms with Crippen molar-refractivity contribution in [1.82, 2.24) is 0 Å². The summed E-state index contributed by atoms with van der Waals surface area (Å²) >= 11 is 7.05. The maximum Gasteiger partial charge on any atom is 0.161 e. The molecule has 96 valence electrons. The molecule has 0 aliphatic carbocycles. The van der Waals surface area contributed by atoms with Crippen LogP contribution in [0.3, 0.4) is 0 Å². The summed E-state index contributed by atoms with van der Waals surface area (Å²) in [6.45, 7) is 3.63. The summed E-state index contributed by atoms with van der Waals surface area (Å²) in [6, 6.07) is 5.01. The van der Waals surface area contributed by atoms with Crippen molar-refractivity contribution >= 4 is 79.2 Å². The molecule has 0 saturated carbocycles. The fourth-order valence-electron chi connectivity index (χ4n) is 0.988. The van der Waals surface area contributed by atoms with Crippen LogP contribution >= 0.6 is 67.8 Å². The van der Waals surface area contributed by atoms with E-state index in [-0.39, 0.29) is 5.78 Å². The second-order valence-electron chi connectivity index (χ2n) is 3.29. The van der Waals surface area contributed by atoms with Gasteiger partial charge in [0.05, 0.1) is 7.11 Å².